The van der Waals surface area contributed by atoms with Gasteiger partial charge >= 0.3 is 0 Å². The van der Waals surface area contributed by atoms with Gasteiger partial charge in [0.25, 0.3) is 0 Å². The molecule has 6 heteroatoms. The molecule has 1 aliphatic heterocycles. The van der Waals surface area contributed by atoms with Crippen LogP contribution < -0.4 is 10.6 Å². The van der Waals surface area contributed by atoms with Gasteiger partial charge in [0.1, 0.15) is 5.65 Å². The van der Waals surface area contributed by atoms with Crippen LogP contribution in [0.15, 0.2) is 24.4 Å². The van der Waals surface area contributed by atoms with E-state index in [2.05, 4.69) is 23.9 Å². The van der Waals surface area contributed by atoms with Gasteiger partial charge in [0.05, 0.1) is 11.8 Å². The summed E-state index contributed by atoms with van der Waals surface area (Å²) >= 11 is 0. The van der Waals surface area contributed by atoms with Gasteiger partial charge in [0.2, 0.25) is 0 Å². The van der Waals surface area contributed by atoms with Crippen LogP contribution in [0.1, 0.15) is 12.1 Å². The first kappa shape index (κ1) is 14.3. The summed E-state index contributed by atoms with van der Waals surface area (Å²) in [5, 5.41) is 10.1. The third-order valence-corrected chi connectivity index (χ3v) is 4.04. The highest BCUT2D eigenvalue weighted by atomic mass is 16.3. The summed E-state index contributed by atoms with van der Waals surface area (Å²) < 4.78 is 2.03. The van der Waals surface area contributed by atoms with E-state index in [1.807, 2.05) is 28.8 Å². The maximum Gasteiger partial charge on any atom is 0.152 e. The van der Waals surface area contributed by atoms with Gasteiger partial charge in [0.15, 0.2) is 5.82 Å². The molecule has 3 N–H and O–H groups in total. The molecule has 2 atom stereocenters. The highest BCUT2D eigenvalue weighted by Crippen LogP contribution is 2.29. The van der Waals surface area contributed by atoms with Gasteiger partial charge in [-0.3, -0.25) is 0 Å². The maximum absolute atomic E-state index is 10.1. The molecule has 0 saturated carbocycles. The number of hydrogen-bond acceptors (Lipinski definition) is 5. The molecule has 0 aliphatic carbocycles. The van der Waals surface area contributed by atoms with Crippen LogP contribution in [0.3, 0.4) is 0 Å². The van der Waals surface area contributed by atoms with Gasteiger partial charge in [-0.05, 0) is 32.6 Å². The molecule has 0 aromatic carbocycles. The molecule has 0 amide bonds. The minimum atomic E-state index is -0.301. The van der Waals surface area contributed by atoms with Gasteiger partial charge in [-0.2, -0.15) is 0 Å². The van der Waals surface area contributed by atoms with E-state index < -0.39 is 0 Å². The number of fused-ring (bicyclic) bond motifs is 1. The molecule has 1 fully saturated rings. The fraction of sp³-hybridized carbons (Fsp3) is 0.533. The first-order valence-electron chi connectivity index (χ1n) is 7.35. The lowest BCUT2D eigenvalue weighted by molar-refractivity contribution is 0.191. The van der Waals surface area contributed by atoms with Crippen molar-refractivity contribution in [3.05, 3.63) is 30.1 Å². The fourth-order valence-corrected chi connectivity index (χ4v) is 3.20. The average Bonchev–Trinajstić information content (AvgIpc) is 2.97. The molecular weight excluding hydrogens is 266 g/mol. The van der Waals surface area contributed by atoms with Crippen LogP contribution in [0, 0.1) is 0 Å². The fourth-order valence-electron chi connectivity index (χ4n) is 3.20. The Kier molecular flexibility index (Phi) is 3.84. The Balaban J connectivity index is 2.01. The summed E-state index contributed by atoms with van der Waals surface area (Å²) in [4.78, 5) is 9.09. The van der Waals surface area contributed by atoms with Crippen LogP contribution in [-0.4, -0.2) is 58.7 Å². The summed E-state index contributed by atoms with van der Waals surface area (Å²) in [6.07, 6.45) is 2.46. The quantitative estimate of drug-likeness (QED) is 0.847. The van der Waals surface area contributed by atoms with E-state index in [1.54, 1.807) is 0 Å². The molecule has 0 spiro atoms. The van der Waals surface area contributed by atoms with Crippen LogP contribution in [0.5, 0.6) is 0 Å². The van der Waals surface area contributed by atoms with Crippen molar-refractivity contribution in [2.45, 2.75) is 25.1 Å². The first-order chi connectivity index (χ1) is 10.1. The Hall–Kier alpha value is -1.63. The summed E-state index contributed by atoms with van der Waals surface area (Å²) in [5.74, 6) is 0.909. The topological polar surface area (TPSA) is 70.0 Å². The minimum Gasteiger partial charge on any atom is -0.391 e. The van der Waals surface area contributed by atoms with E-state index in [9.17, 15) is 5.11 Å². The minimum absolute atomic E-state index is 0.269. The molecule has 6 nitrogen and oxygen atoms in total. The van der Waals surface area contributed by atoms with E-state index in [0.29, 0.717) is 13.1 Å². The molecule has 21 heavy (non-hydrogen) atoms. The van der Waals surface area contributed by atoms with E-state index >= 15 is 0 Å². The SMILES string of the molecule is CN(C)CC1CC(O)CN1c1nc2ccccn2c1CN. The van der Waals surface area contributed by atoms with Crippen molar-refractivity contribution in [2.75, 3.05) is 32.1 Å². The third-order valence-electron chi connectivity index (χ3n) is 4.04. The first-order valence-corrected chi connectivity index (χ1v) is 7.35. The summed E-state index contributed by atoms with van der Waals surface area (Å²) in [5.41, 5.74) is 7.85. The Morgan fingerprint density at radius 1 is 1.43 bits per heavy atom. The lowest BCUT2D eigenvalue weighted by Crippen LogP contribution is -2.38. The zero-order valence-corrected chi connectivity index (χ0v) is 12.6. The second-order valence-corrected chi connectivity index (χ2v) is 5.97. The van der Waals surface area contributed by atoms with Crippen LogP contribution in [0.25, 0.3) is 5.65 Å². The normalized spacial score (nSPS) is 22.6. The van der Waals surface area contributed by atoms with E-state index in [4.69, 9.17) is 10.7 Å². The molecule has 3 heterocycles. The van der Waals surface area contributed by atoms with Gasteiger partial charge in [-0.1, -0.05) is 6.07 Å². The Bertz CT molecular complexity index is 624. The van der Waals surface area contributed by atoms with Crippen molar-refractivity contribution in [3.63, 3.8) is 0 Å². The molecule has 0 bridgehead atoms. The third kappa shape index (κ3) is 2.62. The number of nitrogens with zero attached hydrogens (tertiary/aromatic N) is 4. The Morgan fingerprint density at radius 3 is 2.95 bits per heavy atom. The standard InChI is InChI=1S/C15H23N5O/c1-18(2)9-11-7-12(21)10-20(11)15-13(8-16)19-6-4-3-5-14(19)17-15/h3-6,11-12,21H,7-10,16H2,1-2H3. The van der Waals surface area contributed by atoms with Crippen molar-refractivity contribution in [2.24, 2.45) is 5.73 Å². The Labute approximate surface area is 124 Å². The number of hydrogen-bond donors (Lipinski definition) is 2. The molecule has 1 saturated heterocycles. The number of aromatic nitrogens is 2. The van der Waals surface area contributed by atoms with Gasteiger partial charge in [-0.15, -0.1) is 0 Å². The van der Waals surface area contributed by atoms with E-state index in [0.717, 1.165) is 30.1 Å². The zero-order valence-electron chi connectivity index (χ0n) is 12.6. The van der Waals surface area contributed by atoms with Gasteiger partial charge < -0.3 is 25.0 Å². The number of β-amino-alcohol motifs (C(OH)–C–C–N with tert-alkyl or cyclic N) is 1. The number of nitrogens with two attached hydrogens (primary N) is 1. The molecule has 1 aliphatic rings. The number of likely N-dealkylation sites (N-methyl/N-ethyl adjacent to an activating group) is 1. The summed E-state index contributed by atoms with van der Waals surface area (Å²) in [6.45, 7) is 1.95. The number of anilines is 1. The highest BCUT2D eigenvalue weighted by molar-refractivity contribution is 5.57. The van der Waals surface area contributed by atoms with Gasteiger partial charge in [0, 0.05) is 31.9 Å². The van der Waals surface area contributed by atoms with Crippen molar-refractivity contribution >= 4 is 11.5 Å². The Morgan fingerprint density at radius 2 is 2.24 bits per heavy atom. The zero-order chi connectivity index (χ0) is 15.0. The largest absolute Gasteiger partial charge is 0.391 e. The van der Waals surface area contributed by atoms with E-state index in [1.165, 1.54) is 0 Å². The molecule has 2 aromatic rings. The highest BCUT2D eigenvalue weighted by Gasteiger charge is 2.34. The maximum atomic E-state index is 10.1. The van der Waals surface area contributed by atoms with Crippen molar-refractivity contribution < 1.29 is 5.11 Å². The number of rotatable bonds is 4. The smallest absolute Gasteiger partial charge is 0.152 e. The summed E-state index contributed by atoms with van der Waals surface area (Å²) in [7, 11) is 4.10. The van der Waals surface area contributed by atoms with Gasteiger partial charge in [-0.25, -0.2) is 4.98 Å². The van der Waals surface area contributed by atoms with Crippen LogP contribution >= 0.6 is 0 Å². The second-order valence-electron chi connectivity index (χ2n) is 5.97. The predicted octanol–water partition coefficient (Wildman–Crippen LogP) is 0.294. The molecule has 2 aromatic heterocycles. The lowest BCUT2D eigenvalue weighted by Gasteiger charge is -2.27. The number of imidazole rings is 1. The van der Waals surface area contributed by atoms with Crippen LogP contribution in [0.4, 0.5) is 5.82 Å². The molecule has 114 valence electrons. The number of aliphatic hydroxyl groups is 1. The van der Waals surface area contributed by atoms with Crippen molar-refractivity contribution in [3.8, 4) is 0 Å². The molecular formula is C15H23N5O. The number of pyridine rings is 1. The van der Waals surface area contributed by atoms with Crippen LogP contribution in [0.2, 0.25) is 0 Å². The average molecular weight is 289 g/mol. The molecule has 3 rings (SSSR count). The molecule has 0 radical (unpaired) electrons. The van der Waals surface area contributed by atoms with E-state index in [-0.39, 0.29) is 12.1 Å². The second kappa shape index (κ2) is 5.63. The lowest BCUT2D eigenvalue weighted by atomic mass is 10.2. The predicted molar refractivity (Wildman–Crippen MR) is 83.4 cm³/mol. The van der Waals surface area contributed by atoms with Crippen molar-refractivity contribution in [1.82, 2.24) is 14.3 Å². The van der Waals surface area contributed by atoms with Crippen molar-refractivity contribution in [1.29, 1.82) is 0 Å². The number of aliphatic hydroxyl groups excluding tert-OH is 1. The molecule has 2 unspecified atom stereocenters. The summed E-state index contributed by atoms with van der Waals surface area (Å²) in [6, 6.07) is 6.21. The monoisotopic (exact) mass is 289 g/mol. The van der Waals surface area contributed by atoms with Crippen LogP contribution in [-0.2, 0) is 6.54 Å².